The van der Waals surface area contributed by atoms with Crippen molar-refractivity contribution < 1.29 is 38.7 Å². The first kappa shape index (κ1) is 24.6. The molecular weight excluding hydrogens is 452 g/mol. The molecule has 1 aliphatic heterocycles. The van der Waals surface area contributed by atoms with Crippen LogP contribution in [0.25, 0.3) is 0 Å². The van der Waals surface area contributed by atoms with Crippen LogP contribution < -0.4 is 0 Å². The maximum atomic E-state index is 12.7. The average Bonchev–Trinajstić information content (AvgIpc) is 2.90. The zero-order valence-electron chi connectivity index (χ0n) is 18.8. The van der Waals surface area contributed by atoms with Gasteiger partial charge in [-0.3, -0.25) is 0 Å². The van der Waals surface area contributed by atoms with E-state index in [1.807, 2.05) is 30.3 Å². The normalized spacial score (nSPS) is 23.9. The molecule has 5 atom stereocenters. The van der Waals surface area contributed by atoms with Crippen molar-refractivity contribution in [2.45, 2.75) is 37.3 Å². The van der Waals surface area contributed by atoms with Crippen molar-refractivity contribution in [1.29, 1.82) is 0 Å². The van der Waals surface area contributed by atoms with Gasteiger partial charge in [0, 0.05) is 0 Å². The van der Waals surface area contributed by atoms with E-state index < -0.39 is 42.6 Å². The molecule has 1 fully saturated rings. The number of ether oxygens (including phenoxy) is 4. The van der Waals surface area contributed by atoms with Gasteiger partial charge >= 0.3 is 11.9 Å². The first-order chi connectivity index (χ1) is 17.0. The summed E-state index contributed by atoms with van der Waals surface area (Å²) in [4.78, 5) is 25.4. The number of rotatable bonds is 8. The zero-order valence-corrected chi connectivity index (χ0v) is 18.8. The van der Waals surface area contributed by atoms with Gasteiger partial charge < -0.3 is 29.2 Å². The molecule has 2 N–H and O–H groups in total. The molecular formula is C27H26O8. The smallest absolute Gasteiger partial charge is 0.338 e. The lowest BCUT2D eigenvalue weighted by Crippen LogP contribution is -2.61. The standard InChI is InChI=1S/C27H26O8/c28-22-21(17-32-16-18-10-4-1-5-11-18)33-27(31)24(35-26(30)20-14-8-3-9-15-20)23(22)34-25(29)19-12-6-2-7-13-19/h1-15,21-24,27-28,31H,16-17H2/t21?,22-,23?,24?,27+/m1/s1. The molecule has 0 saturated carbocycles. The Bertz CT molecular complexity index is 1090. The van der Waals surface area contributed by atoms with Crippen LogP contribution in [0.3, 0.4) is 0 Å². The summed E-state index contributed by atoms with van der Waals surface area (Å²) >= 11 is 0. The van der Waals surface area contributed by atoms with Crippen LogP contribution in [-0.4, -0.2) is 59.5 Å². The molecule has 8 heteroatoms. The molecule has 3 aromatic carbocycles. The Labute approximate surface area is 202 Å². The summed E-state index contributed by atoms with van der Waals surface area (Å²) in [5.41, 5.74) is 1.39. The van der Waals surface area contributed by atoms with Gasteiger partial charge in [-0.1, -0.05) is 66.7 Å². The highest BCUT2D eigenvalue weighted by atomic mass is 16.7. The van der Waals surface area contributed by atoms with E-state index in [0.717, 1.165) is 5.56 Å². The topological polar surface area (TPSA) is 112 Å². The largest absolute Gasteiger partial charge is 0.452 e. The highest BCUT2D eigenvalue weighted by Gasteiger charge is 2.49. The third-order valence-corrected chi connectivity index (χ3v) is 5.54. The lowest BCUT2D eigenvalue weighted by molar-refractivity contribution is -0.287. The molecule has 1 saturated heterocycles. The fourth-order valence-corrected chi connectivity index (χ4v) is 3.70. The van der Waals surface area contributed by atoms with Crippen LogP contribution >= 0.6 is 0 Å². The van der Waals surface area contributed by atoms with Crippen LogP contribution in [0.5, 0.6) is 0 Å². The first-order valence-electron chi connectivity index (χ1n) is 11.2. The van der Waals surface area contributed by atoms with Crippen LogP contribution in [-0.2, 0) is 25.6 Å². The second kappa shape index (κ2) is 11.7. The summed E-state index contributed by atoms with van der Waals surface area (Å²) in [7, 11) is 0. The SMILES string of the molecule is O=C(OC1C(OC(=O)c2ccccc2)[C@@H](O)OC(COCc2ccccc2)[C@H]1O)c1ccccc1. The summed E-state index contributed by atoms with van der Waals surface area (Å²) in [6.45, 7) is 0.163. The number of aliphatic hydroxyl groups is 2. The first-order valence-corrected chi connectivity index (χ1v) is 11.2. The Kier molecular flexibility index (Phi) is 8.23. The minimum absolute atomic E-state index is 0.0914. The van der Waals surface area contributed by atoms with E-state index in [1.165, 1.54) is 0 Å². The maximum Gasteiger partial charge on any atom is 0.338 e. The predicted octanol–water partition coefficient (Wildman–Crippen LogP) is 2.73. The molecule has 182 valence electrons. The molecule has 1 heterocycles. The Morgan fingerprint density at radius 3 is 1.74 bits per heavy atom. The molecule has 0 aromatic heterocycles. The van der Waals surface area contributed by atoms with E-state index in [-0.39, 0.29) is 24.3 Å². The van der Waals surface area contributed by atoms with Crippen LogP contribution in [0.2, 0.25) is 0 Å². The molecule has 0 aliphatic carbocycles. The van der Waals surface area contributed by atoms with Gasteiger partial charge in [-0.25, -0.2) is 9.59 Å². The molecule has 4 rings (SSSR count). The summed E-state index contributed by atoms with van der Waals surface area (Å²) in [6.07, 6.45) is -6.99. The predicted molar refractivity (Wildman–Crippen MR) is 124 cm³/mol. The number of hydrogen-bond donors (Lipinski definition) is 2. The summed E-state index contributed by atoms with van der Waals surface area (Å²) in [6, 6.07) is 25.7. The quantitative estimate of drug-likeness (QED) is 0.476. The van der Waals surface area contributed by atoms with Crippen molar-refractivity contribution >= 4 is 11.9 Å². The van der Waals surface area contributed by atoms with E-state index in [1.54, 1.807) is 60.7 Å². The lowest BCUT2D eigenvalue weighted by atomic mass is 9.98. The van der Waals surface area contributed by atoms with Gasteiger partial charge in [-0.15, -0.1) is 0 Å². The highest BCUT2D eigenvalue weighted by Crippen LogP contribution is 2.27. The van der Waals surface area contributed by atoms with Crippen LogP contribution in [0.1, 0.15) is 26.3 Å². The minimum atomic E-state index is -1.66. The van der Waals surface area contributed by atoms with Gasteiger partial charge in [0.25, 0.3) is 0 Å². The number of benzene rings is 3. The number of esters is 2. The van der Waals surface area contributed by atoms with Gasteiger partial charge in [0.1, 0.15) is 12.2 Å². The van der Waals surface area contributed by atoms with Crippen molar-refractivity contribution in [3.05, 3.63) is 108 Å². The van der Waals surface area contributed by atoms with Crippen molar-refractivity contribution in [2.24, 2.45) is 0 Å². The van der Waals surface area contributed by atoms with E-state index in [2.05, 4.69) is 0 Å². The minimum Gasteiger partial charge on any atom is -0.452 e. The summed E-state index contributed by atoms with van der Waals surface area (Å²) in [5.74, 6) is -1.50. The lowest BCUT2D eigenvalue weighted by Gasteiger charge is -2.41. The molecule has 0 amide bonds. The second-order valence-electron chi connectivity index (χ2n) is 8.03. The van der Waals surface area contributed by atoms with Gasteiger partial charge in [-0.05, 0) is 29.8 Å². The van der Waals surface area contributed by atoms with Gasteiger partial charge in [-0.2, -0.15) is 0 Å². The van der Waals surface area contributed by atoms with Crippen molar-refractivity contribution in [3.8, 4) is 0 Å². The van der Waals surface area contributed by atoms with E-state index in [0.29, 0.717) is 0 Å². The summed E-state index contributed by atoms with van der Waals surface area (Å²) < 4.78 is 22.2. The molecule has 8 nitrogen and oxygen atoms in total. The number of carbonyl (C=O) groups is 2. The van der Waals surface area contributed by atoms with Crippen molar-refractivity contribution in [1.82, 2.24) is 0 Å². The number of hydrogen-bond acceptors (Lipinski definition) is 8. The van der Waals surface area contributed by atoms with Crippen LogP contribution in [0, 0.1) is 0 Å². The van der Waals surface area contributed by atoms with Gasteiger partial charge in [0.15, 0.2) is 18.5 Å². The molecule has 0 radical (unpaired) electrons. The van der Waals surface area contributed by atoms with Crippen LogP contribution in [0.15, 0.2) is 91.0 Å². The second-order valence-corrected chi connectivity index (χ2v) is 8.03. The molecule has 1 aliphatic rings. The Balaban J connectivity index is 1.49. The molecule has 0 bridgehead atoms. The van der Waals surface area contributed by atoms with E-state index in [4.69, 9.17) is 18.9 Å². The Hall–Kier alpha value is -3.56. The fraction of sp³-hybridized carbons (Fsp3) is 0.259. The third kappa shape index (κ3) is 6.32. The maximum absolute atomic E-state index is 12.7. The van der Waals surface area contributed by atoms with Gasteiger partial charge in [0.05, 0.1) is 24.3 Å². The molecule has 3 unspecified atom stereocenters. The van der Waals surface area contributed by atoms with E-state index >= 15 is 0 Å². The molecule has 35 heavy (non-hydrogen) atoms. The average molecular weight is 478 g/mol. The third-order valence-electron chi connectivity index (χ3n) is 5.54. The number of carbonyl (C=O) groups excluding carboxylic acids is 2. The molecule has 3 aromatic rings. The zero-order chi connectivity index (χ0) is 24.6. The van der Waals surface area contributed by atoms with E-state index in [9.17, 15) is 19.8 Å². The Morgan fingerprint density at radius 2 is 1.20 bits per heavy atom. The van der Waals surface area contributed by atoms with Crippen molar-refractivity contribution in [3.63, 3.8) is 0 Å². The summed E-state index contributed by atoms with van der Waals surface area (Å²) in [5, 5.41) is 21.7. The van der Waals surface area contributed by atoms with Crippen LogP contribution in [0.4, 0.5) is 0 Å². The fourth-order valence-electron chi connectivity index (χ4n) is 3.70. The monoisotopic (exact) mass is 478 g/mol. The Morgan fingerprint density at radius 1 is 0.714 bits per heavy atom. The van der Waals surface area contributed by atoms with Crippen molar-refractivity contribution in [2.75, 3.05) is 6.61 Å². The molecule has 0 spiro atoms. The highest BCUT2D eigenvalue weighted by molar-refractivity contribution is 5.90. The number of aliphatic hydroxyl groups excluding tert-OH is 2. The van der Waals surface area contributed by atoms with Gasteiger partial charge in [0.2, 0.25) is 0 Å².